The standard InChI is InChI=1S/C29H40ClFN6S/c1-3-24(4-2)35-13-15-37(16-14-35)27-19-28(26(31)18-23(27)20-33-34-29(32)38)36-11-9-21(10-12-36)17-22-7-5-6-8-25(22)30/h5-8,18-21,24H,3-4,9-17H2,1-2H3,(H3,32,34,38). The SMILES string of the molecule is CCC(CC)N1CCN(c2cc(N3CCC(Cc4ccccc4Cl)CC3)c(F)cc2C=NNC(N)=S)CC1. The fraction of sp³-hybridized carbons (Fsp3) is 0.517. The van der Waals surface area contributed by atoms with Crippen LogP contribution in [0.4, 0.5) is 15.8 Å². The second kappa shape index (κ2) is 13.6. The molecule has 38 heavy (non-hydrogen) atoms. The summed E-state index contributed by atoms with van der Waals surface area (Å²) in [6, 6.07) is 12.3. The molecule has 3 N–H and O–H groups in total. The number of piperazine rings is 1. The van der Waals surface area contributed by atoms with Crippen LogP contribution >= 0.6 is 23.8 Å². The van der Waals surface area contributed by atoms with Crippen molar-refractivity contribution in [2.75, 3.05) is 49.1 Å². The molecule has 4 rings (SSSR count). The smallest absolute Gasteiger partial charge is 0.184 e. The summed E-state index contributed by atoms with van der Waals surface area (Å²) >= 11 is 11.3. The topological polar surface area (TPSA) is 60.1 Å². The van der Waals surface area contributed by atoms with Crippen LogP contribution in [0.25, 0.3) is 0 Å². The summed E-state index contributed by atoms with van der Waals surface area (Å²) in [6.07, 6.45) is 6.92. The van der Waals surface area contributed by atoms with Gasteiger partial charge < -0.3 is 15.5 Å². The fourth-order valence-corrected chi connectivity index (χ4v) is 6.10. The molecule has 0 spiro atoms. The molecule has 9 heteroatoms. The minimum atomic E-state index is -0.231. The summed E-state index contributed by atoms with van der Waals surface area (Å²) in [5.74, 6) is 0.315. The van der Waals surface area contributed by atoms with E-state index in [2.05, 4.69) is 45.1 Å². The molecule has 0 atom stereocenters. The van der Waals surface area contributed by atoms with Crippen LogP contribution < -0.4 is 21.0 Å². The van der Waals surface area contributed by atoms with Gasteiger partial charge in [-0.25, -0.2) is 4.39 Å². The Labute approximate surface area is 237 Å². The van der Waals surface area contributed by atoms with Gasteiger partial charge in [-0.05, 0) is 74.0 Å². The van der Waals surface area contributed by atoms with Crippen LogP contribution in [-0.2, 0) is 6.42 Å². The van der Waals surface area contributed by atoms with Gasteiger partial charge in [0.1, 0.15) is 5.82 Å². The molecule has 2 saturated heterocycles. The molecule has 2 heterocycles. The lowest BCUT2D eigenvalue weighted by Gasteiger charge is -2.41. The predicted octanol–water partition coefficient (Wildman–Crippen LogP) is 5.42. The van der Waals surface area contributed by atoms with Crippen LogP contribution in [0.15, 0.2) is 41.5 Å². The van der Waals surface area contributed by atoms with Crippen molar-refractivity contribution in [3.63, 3.8) is 0 Å². The summed E-state index contributed by atoms with van der Waals surface area (Å²) in [4.78, 5) is 7.12. The van der Waals surface area contributed by atoms with Gasteiger partial charge in [0.25, 0.3) is 0 Å². The van der Waals surface area contributed by atoms with E-state index in [0.29, 0.717) is 17.6 Å². The Morgan fingerprint density at radius 3 is 2.37 bits per heavy atom. The maximum Gasteiger partial charge on any atom is 0.184 e. The molecule has 2 aromatic carbocycles. The Bertz CT molecular complexity index is 1110. The van der Waals surface area contributed by atoms with Crippen LogP contribution in [0.1, 0.15) is 50.7 Å². The lowest BCUT2D eigenvalue weighted by molar-refractivity contribution is 0.175. The van der Waals surface area contributed by atoms with Crippen molar-refractivity contribution >= 4 is 46.5 Å². The van der Waals surface area contributed by atoms with Gasteiger partial charge in [-0.3, -0.25) is 10.3 Å². The van der Waals surface area contributed by atoms with Gasteiger partial charge in [-0.2, -0.15) is 5.10 Å². The van der Waals surface area contributed by atoms with E-state index in [1.54, 1.807) is 12.3 Å². The van der Waals surface area contributed by atoms with Gasteiger partial charge >= 0.3 is 0 Å². The third-order valence-electron chi connectivity index (χ3n) is 8.01. The van der Waals surface area contributed by atoms with Crippen molar-refractivity contribution in [2.24, 2.45) is 16.8 Å². The van der Waals surface area contributed by atoms with E-state index >= 15 is 4.39 Å². The van der Waals surface area contributed by atoms with Gasteiger partial charge in [-0.15, -0.1) is 0 Å². The van der Waals surface area contributed by atoms with E-state index in [1.807, 2.05) is 24.3 Å². The normalized spacial score (nSPS) is 17.5. The van der Waals surface area contributed by atoms with Crippen molar-refractivity contribution < 1.29 is 4.39 Å². The number of anilines is 2. The lowest BCUT2D eigenvalue weighted by atomic mass is 9.90. The van der Waals surface area contributed by atoms with Crippen molar-refractivity contribution in [1.29, 1.82) is 0 Å². The van der Waals surface area contributed by atoms with E-state index < -0.39 is 0 Å². The second-order valence-electron chi connectivity index (χ2n) is 10.3. The number of piperidine rings is 1. The minimum absolute atomic E-state index is 0.0818. The molecule has 0 unspecified atom stereocenters. The average Bonchev–Trinajstić information content (AvgIpc) is 2.92. The van der Waals surface area contributed by atoms with Gasteiger partial charge in [0, 0.05) is 61.6 Å². The van der Waals surface area contributed by atoms with Gasteiger partial charge in [0.15, 0.2) is 5.11 Å². The molecule has 2 aromatic rings. The third-order valence-corrected chi connectivity index (χ3v) is 8.47. The van der Waals surface area contributed by atoms with E-state index in [1.165, 1.54) is 5.56 Å². The first-order chi connectivity index (χ1) is 18.4. The lowest BCUT2D eigenvalue weighted by Crippen LogP contribution is -2.50. The Morgan fingerprint density at radius 2 is 1.74 bits per heavy atom. The van der Waals surface area contributed by atoms with Gasteiger partial charge in [0.05, 0.1) is 11.9 Å². The van der Waals surface area contributed by atoms with Crippen molar-refractivity contribution in [3.8, 4) is 0 Å². The maximum atomic E-state index is 15.5. The molecule has 2 aliphatic heterocycles. The predicted molar refractivity (Wildman–Crippen MR) is 162 cm³/mol. The van der Waals surface area contributed by atoms with Crippen molar-refractivity contribution in [2.45, 2.75) is 52.0 Å². The first kappa shape index (κ1) is 28.6. The summed E-state index contributed by atoms with van der Waals surface area (Å²) < 4.78 is 15.5. The van der Waals surface area contributed by atoms with Gasteiger partial charge in [-0.1, -0.05) is 43.6 Å². The fourth-order valence-electron chi connectivity index (χ4n) is 5.84. The molecule has 2 aliphatic rings. The highest BCUT2D eigenvalue weighted by molar-refractivity contribution is 7.80. The number of nitrogens with zero attached hydrogens (tertiary/aromatic N) is 4. The molecule has 0 aromatic heterocycles. The number of thiocarbonyl (C=S) groups is 1. The highest BCUT2D eigenvalue weighted by atomic mass is 35.5. The first-order valence-corrected chi connectivity index (χ1v) is 14.6. The van der Waals surface area contributed by atoms with E-state index in [0.717, 1.165) is 87.6 Å². The van der Waals surface area contributed by atoms with Crippen LogP contribution in [0.3, 0.4) is 0 Å². The zero-order valence-electron chi connectivity index (χ0n) is 22.5. The molecule has 206 valence electrons. The largest absolute Gasteiger partial charge is 0.375 e. The Balaban J connectivity index is 1.50. The number of hydrogen-bond acceptors (Lipinski definition) is 5. The monoisotopic (exact) mass is 558 g/mol. The molecular formula is C29H40ClFN6S. The van der Waals surface area contributed by atoms with Crippen LogP contribution in [0, 0.1) is 11.7 Å². The number of rotatable bonds is 9. The number of halogens is 2. The minimum Gasteiger partial charge on any atom is -0.375 e. The van der Waals surface area contributed by atoms with Crippen LogP contribution in [0.5, 0.6) is 0 Å². The van der Waals surface area contributed by atoms with Crippen LogP contribution in [-0.4, -0.2) is 61.5 Å². The summed E-state index contributed by atoms with van der Waals surface area (Å²) in [5.41, 5.74) is 11.7. The molecule has 0 aliphatic carbocycles. The number of hydrogen-bond donors (Lipinski definition) is 2. The molecule has 6 nitrogen and oxygen atoms in total. The maximum absolute atomic E-state index is 15.5. The number of hydrazone groups is 1. The zero-order chi connectivity index (χ0) is 27.1. The summed E-state index contributed by atoms with van der Waals surface area (Å²) in [7, 11) is 0. The van der Waals surface area contributed by atoms with Crippen LogP contribution in [0.2, 0.25) is 5.02 Å². The third kappa shape index (κ3) is 7.16. The molecule has 0 amide bonds. The molecule has 0 saturated carbocycles. The second-order valence-corrected chi connectivity index (χ2v) is 11.2. The molecule has 0 radical (unpaired) electrons. The van der Waals surface area contributed by atoms with E-state index in [-0.39, 0.29) is 10.9 Å². The average molecular weight is 559 g/mol. The number of nitrogens with one attached hydrogen (secondary N) is 1. The molecule has 2 fully saturated rings. The van der Waals surface area contributed by atoms with Crippen molar-refractivity contribution in [1.82, 2.24) is 10.3 Å². The molecule has 0 bridgehead atoms. The Hall–Kier alpha value is -2.42. The highest BCUT2D eigenvalue weighted by Gasteiger charge is 2.27. The summed E-state index contributed by atoms with van der Waals surface area (Å²) in [5, 5.41) is 5.05. The Morgan fingerprint density at radius 1 is 1.08 bits per heavy atom. The van der Waals surface area contributed by atoms with Crippen molar-refractivity contribution in [3.05, 3.63) is 58.4 Å². The van der Waals surface area contributed by atoms with E-state index in [4.69, 9.17) is 29.6 Å². The quantitative estimate of drug-likeness (QED) is 0.244. The number of nitrogens with two attached hydrogens (primary N) is 1. The van der Waals surface area contributed by atoms with Gasteiger partial charge in [0.2, 0.25) is 0 Å². The van der Waals surface area contributed by atoms with E-state index in [9.17, 15) is 0 Å². The zero-order valence-corrected chi connectivity index (χ0v) is 24.1. The molecular weight excluding hydrogens is 519 g/mol. The first-order valence-electron chi connectivity index (χ1n) is 13.8. The summed E-state index contributed by atoms with van der Waals surface area (Å²) in [6.45, 7) is 9.94. The Kier molecular flexibility index (Phi) is 10.2. The number of benzene rings is 2. The highest BCUT2D eigenvalue weighted by Crippen LogP contribution is 2.34.